The molecular formula is C54H90NO9P. The van der Waals surface area contributed by atoms with Crippen molar-refractivity contribution in [2.45, 2.75) is 193 Å². The van der Waals surface area contributed by atoms with Crippen LogP contribution < -0.4 is 5.73 Å². The molecule has 0 aromatic heterocycles. The first kappa shape index (κ1) is 61.6. The third kappa shape index (κ3) is 48.4. The molecule has 3 atom stereocenters. The third-order valence-corrected chi connectivity index (χ3v) is 11.0. The van der Waals surface area contributed by atoms with Crippen LogP contribution in [0.4, 0.5) is 0 Å². The van der Waals surface area contributed by atoms with Crippen LogP contribution in [0.3, 0.4) is 0 Å². The lowest BCUT2D eigenvalue weighted by atomic mass is 10.1. The molecule has 0 amide bonds. The highest BCUT2D eigenvalue weighted by molar-refractivity contribution is 7.47. The number of esters is 1. The fourth-order valence-corrected chi connectivity index (χ4v) is 7.05. The molecule has 10 nitrogen and oxygen atoms in total. The van der Waals surface area contributed by atoms with Gasteiger partial charge in [-0.05, 0) is 96.3 Å². The van der Waals surface area contributed by atoms with E-state index in [9.17, 15) is 19.0 Å². The average Bonchev–Trinajstić information content (AvgIpc) is 3.29. The first-order chi connectivity index (χ1) is 31.7. The van der Waals surface area contributed by atoms with Crippen LogP contribution in [-0.4, -0.2) is 60.5 Å². The molecule has 4 N–H and O–H groups in total. The molecule has 0 aliphatic carbocycles. The van der Waals surface area contributed by atoms with E-state index < -0.39 is 45.1 Å². The number of phosphoric ester groups is 1. The van der Waals surface area contributed by atoms with Gasteiger partial charge in [0.05, 0.1) is 19.8 Å². The summed E-state index contributed by atoms with van der Waals surface area (Å²) in [6.45, 7) is 3.60. The van der Waals surface area contributed by atoms with Crippen LogP contribution in [0.2, 0.25) is 0 Å². The molecule has 0 saturated heterocycles. The van der Waals surface area contributed by atoms with Gasteiger partial charge in [-0.25, -0.2) is 4.57 Å². The van der Waals surface area contributed by atoms with Gasteiger partial charge in [0.1, 0.15) is 12.1 Å². The first-order valence-electron chi connectivity index (χ1n) is 24.9. The summed E-state index contributed by atoms with van der Waals surface area (Å²) in [5, 5.41) is 8.93. The fraction of sp³-hybridized carbons (Fsp3) is 0.630. The molecule has 0 saturated carbocycles. The smallest absolute Gasteiger partial charge is 0.472 e. The summed E-state index contributed by atoms with van der Waals surface area (Å²) in [5.74, 6) is -1.80. The molecule has 0 aliphatic rings. The van der Waals surface area contributed by atoms with Gasteiger partial charge >= 0.3 is 19.8 Å². The Bertz CT molecular complexity index is 1440. The van der Waals surface area contributed by atoms with E-state index >= 15 is 0 Å². The SMILES string of the molecule is CC/C=C\C/C=C\C/C=C\C/C=C\C/C=C\CCCCCCCCOCC(COP(=O)(O)OCC(N)C(=O)O)OC(=O)CCCCCCCCCC/C=C\C/C=C\C/C=C\C/C=C\CC. The van der Waals surface area contributed by atoms with Crippen LogP contribution in [0.5, 0.6) is 0 Å². The summed E-state index contributed by atoms with van der Waals surface area (Å²) < 4.78 is 33.5. The highest BCUT2D eigenvalue weighted by Crippen LogP contribution is 2.43. The monoisotopic (exact) mass is 928 g/mol. The van der Waals surface area contributed by atoms with E-state index in [1.807, 2.05) is 0 Å². The zero-order valence-corrected chi connectivity index (χ0v) is 41.4. The minimum atomic E-state index is -4.64. The Hall–Kier alpha value is -3.37. The molecule has 0 heterocycles. The molecule has 0 aliphatic heterocycles. The molecular weight excluding hydrogens is 838 g/mol. The van der Waals surface area contributed by atoms with Crippen molar-refractivity contribution in [2.75, 3.05) is 26.4 Å². The average molecular weight is 928 g/mol. The molecule has 0 aromatic rings. The van der Waals surface area contributed by atoms with Gasteiger partial charge < -0.3 is 25.2 Å². The molecule has 0 fully saturated rings. The fourth-order valence-electron chi connectivity index (χ4n) is 6.27. The predicted octanol–water partition coefficient (Wildman–Crippen LogP) is 14.6. The lowest BCUT2D eigenvalue weighted by Crippen LogP contribution is -2.34. The Morgan fingerprint density at radius 1 is 0.492 bits per heavy atom. The Balaban J connectivity index is 4.24. The Kier molecular flexibility index (Phi) is 46.0. The number of carbonyl (C=O) groups is 2. The Morgan fingerprint density at radius 2 is 0.846 bits per heavy atom. The highest BCUT2D eigenvalue weighted by Gasteiger charge is 2.27. The zero-order chi connectivity index (χ0) is 47.6. The van der Waals surface area contributed by atoms with Crippen molar-refractivity contribution in [1.82, 2.24) is 0 Å². The standard InChI is InChI=1S/C54H90NO9P/c1-3-5-7-9-11-13-15-17-19-21-23-25-27-29-31-33-35-37-39-41-43-45-47-61-48-51(49-62-65(59,60)63-50-52(55)54(57)58)64-53(56)46-44-42-40-38-36-34-32-30-28-26-24-22-20-18-16-14-12-10-8-6-4-2/h5-8,11-14,17-20,23-26,29,31,51-52H,3-4,9-10,15-16,21-22,27-28,30,32-50,55H2,1-2H3,(H,57,58)(H,59,60)/b7-5-,8-6-,13-11-,14-12-,19-17-,20-18-,25-23-,26-24-,31-29-. The summed E-state index contributed by atoms with van der Waals surface area (Å²) in [4.78, 5) is 33.7. The Labute approximate surface area is 395 Å². The normalized spacial score (nSPS) is 14.6. The number of phosphoric acid groups is 1. The second kappa shape index (κ2) is 48.6. The van der Waals surface area contributed by atoms with E-state index in [0.717, 1.165) is 116 Å². The number of aliphatic carboxylic acids is 1. The van der Waals surface area contributed by atoms with Crippen molar-refractivity contribution in [2.24, 2.45) is 5.73 Å². The lowest BCUT2D eigenvalue weighted by Gasteiger charge is -2.20. The van der Waals surface area contributed by atoms with E-state index in [0.29, 0.717) is 13.0 Å². The zero-order valence-electron chi connectivity index (χ0n) is 40.5. The van der Waals surface area contributed by atoms with Gasteiger partial charge in [-0.2, -0.15) is 0 Å². The first-order valence-corrected chi connectivity index (χ1v) is 26.4. The number of hydrogen-bond donors (Lipinski definition) is 3. The summed E-state index contributed by atoms with van der Waals surface area (Å²) in [6.07, 6.45) is 65.7. The van der Waals surface area contributed by atoms with Gasteiger partial charge in [0.15, 0.2) is 0 Å². The number of ether oxygens (including phenoxy) is 2. The highest BCUT2D eigenvalue weighted by atomic mass is 31.2. The van der Waals surface area contributed by atoms with Gasteiger partial charge in [-0.15, -0.1) is 0 Å². The van der Waals surface area contributed by atoms with Crippen LogP contribution in [0.1, 0.15) is 181 Å². The van der Waals surface area contributed by atoms with Crippen molar-refractivity contribution in [3.8, 4) is 0 Å². The van der Waals surface area contributed by atoms with Crippen molar-refractivity contribution < 1.29 is 42.7 Å². The number of rotatable bonds is 46. The van der Waals surface area contributed by atoms with Crippen LogP contribution in [-0.2, 0) is 32.7 Å². The van der Waals surface area contributed by atoms with E-state index in [1.54, 1.807) is 0 Å². The number of carboxylic acid groups (broad SMARTS) is 1. The van der Waals surface area contributed by atoms with Crippen LogP contribution in [0.25, 0.3) is 0 Å². The molecule has 3 unspecified atom stereocenters. The number of hydrogen-bond acceptors (Lipinski definition) is 8. The van der Waals surface area contributed by atoms with Crippen LogP contribution in [0.15, 0.2) is 109 Å². The molecule has 370 valence electrons. The van der Waals surface area contributed by atoms with Crippen molar-refractivity contribution >= 4 is 19.8 Å². The minimum Gasteiger partial charge on any atom is -0.480 e. The van der Waals surface area contributed by atoms with Gasteiger partial charge in [0, 0.05) is 13.0 Å². The summed E-state index contributed by atoms with van der Waals surface area (Å²) in [7, 11) is -4.64. The molecule has 0 rings (SSSR count). The van der Waals surface area contributed by atoms with Crippen molar-refractivity contribution in [3.05, 3.63) is 109 Å². The maximum Gasteiger partial charge on any atom is 0.472 e. The van der Waals surface area contributed by atoms with E-state index in [4.69, 9.17) is 29.4 Å². The van der Waals surface area contributed by atoms with Gasteiger partial charge in [0.2, 0.25) is 0 Å². The quantitative estimate of drug-likeness (QED) is 0.0233. The van der Waals surface area contributed by atoms with E-state index in [1.165, 1.54) is 38.5 Å². The summed E-state index contributed by atoms with van der Waals surface area (Å²) in [6, 6.07) is -1.48. The number of carboxylic acids is 1. The van der Waals surface area contributed by atoms with Crippen molar-refractivity contribution in [3.63, 3.8) is 0 Å². The number of allylic oxidation sites excluding steroid dienone is 18. The molecule has 0 bridgehead atoms. The van der Waals surface area contributed by atoms with Gasteiger partial charge in [-0.1, -0.05) is 187 Å². The minimum absolute atomic E-state index is 0.00406. The van der Waals surface area contributed by atoms with Crippen LogP contribution in [0, 0.1) is 0 Å². The third-order valence-electron chi connectivity index (χ3n) is 10.0. The van der Waals surface area contributed by atoms with Gasteiger partial charge in [-0.3, -0.25) is 18.6 Å². The van der Waals surface area contributed by atoms with E-state index in [-0.39, 0.29) is 13.0 Å². The summed E-state index contributed by atoms with van der Waals surface area (Å²) >= 11 is 0. The molecule has 65 heavy (non-hydrogen) atoms. The molecule has 11 heteroatoms. The number of nitrogens with two attached hydrogens (primary N) is 1. The number of unbranched alkanes of at least 4 members (excludes halogenated alkanes) is 14. The predicted molar refractivity (Wildman–Crippen MR) is 272 cm³/mol. The largest absolute Gasteiger partial charge is 0.480 e. The molecule has 0 aromatic carbocycles. The number of carbonyl (C=O) groups excluding carboxylic acids is 1. The maximum absolute atomic E-state index is 12.7. The van der Waals surface area contributed by atoms with Crippen LogP contribution >= 0.6 is 7.82 Å². The van der Waals surface area contributed by atoms with Crippen molar-refractivity contribution in [1.29, 1.82) is 0 Å². The maximum atomic E-state index is 12.7. The second-order valence-corrected chi connectivity index (χ2v) is 17.6. The van der Waals surface area contributed by atoms with E-state index in [2.05, 4.69) is 123 Å². The topological polar surface area (TPSA) is 155 Å². The second-order valence-electron chi connectivity index (χ2n) is 16.2. The molecule has 0 radical (unpaired) electrons. The van der Waals surface area contributed by atoms with Gasteiger partial charge in [0.25, 0.3) is 0 Å². The molecule has 0 spiro atoms. The summed E-state index contributed by atoms with van der Waals surface area (Å²) in [5.41, 5.74) is 5.37. The lowest BCUT2D eigenvalue weighted by molar-refractivity contribution is -0.154. The Morgan fingerprint density at radius 3 is 1.26 bits per heavy atom.